The lowest BCUT2D eigenvalue weighted by atomic mass is 10.2. The van der Waals surface area contributed by atoms with E-state index in [1.807, 2.05) is 35.2 Å². The highest BCUT2D eigenvalue weighted by molar-refractivity contribution is 5.76. The van der Waals surface area contributed by atoms with Gasteiger partial charge < -0.3 is 19.9 Å². The molecule has 6 heteroatoms. The van der Waals surface area contributed by atoms with E-state index in [2.05, 4.69) is 15.1 Å². The van der Waals surface area contributed by atoms with Crippen LogP contribution in [0, 0.1) is 0 Å². The molecule has 2 heterocycles. The first-order chi connectivity index (χ1) is 12.3. The summed E-state index contributed by atoms with van der Waals surface area (Å²) in [5.74, 6) is 1.24. The molecule has 1 N–H and O–H groups in total. The first kappa shape index (κ1) is 18.2. The highest BCUT2D eigenvalue weighted by Crippen LogP contribution is 2.09. The van der Waals surface area contributed by atoms with Crippen LogP contribution in [0.25, 0.3) is 0 Å². The Morgan fingerprint density at radius 2 is 1.56 bits per heavy atom. The molecule has 0 atom stereocenters. The SMILES string of the molecule is O=C(CCN1CCN(CCOc2ccccc2)CC1)N1CCNCC1. The Balaban J connectivity index is 1.27. The van der Waals surface area contributed by atoms with Crippen molar-refractivity contribution in [3.05, 3.63) is 30.3 Å². The van der Waals surface area contributed by atoms with Crippen molar-refractivity contribution >= 4 is 5.91 Å². The molecule has 3 rings (SSSR count). The molecule has 0 aromatic heterocycles. The van der Waals surface area contributed by atoms with E-state index in [0.29, 0.717) is 12.3 Å². The van der Waals surface area contributed by atoms with Gasteiger partial charge in [-0.1, -0.05) is 18.2 Å². The Kier molecular flexibility index (Phi) is 7.09. The molecule has 1 aromatic carbocycles. The molecule has 0 radical (unpaired) electrons. The van der Waals surface area contributed by atoms with E-state index in [1.165, 1.54) is 0 Å². The summed E-state index contributed by atoms with van der Waals surface area (Å²) in [6.07, 6.45) is 0.650. The molecule has 138 valence electrons. The largest absolute Gasteiger partial charge is 0.492 e. The summed E-state index contributed by atoms with van der Waals surface area (Å²) in [6, 6.07) is 9.98. The highest BCUT2D eigenvalue weighted by atomic mass is 16.5. The van der Waals surface area contributed by atoms with Crippen LogP contribution in [-0.4, -0.2) is 92.7 Å². The lowest BCUT2D eigenvalue weighted by Crippen LogP contribution is -2.49. The van der Waals surface area contributed by atoms with Crippen molar-refractivity contribution in [2.24, 2.45) is 0 Å². The van der Waals surface area contributed by atoms with E-state index in [4.69, 9.17) is 4.74 Å². The number of ether oxygens (including phenoxy) is 1. The second kappa shape index (κ2) is 9.75. The van der Waals surface area contributed by atoms with Crippen LogP contribution in [0.1, 0.15) is 6.42 Å². The Labute approximate surface area is 150 Å². The van der Waals surface area contributed by atoms with Gasteiger partial charge in [-0.25, -0.2) is 0 Å². The van der Waals surface area contributed by atoms with Crippen molar-refractivity contribution in [2.45, 2.75) is 6.42 Å². The summed E-state index contributed by atoms with van der Waals surface area (Å²) in [6.45, 7) is 10.3. The summed E-state index contributed by atoms with van der Waals surface area (Å²) in [5, 5.41) is 3.29. The monoisotopic (exact) mass is 346 g/mol. The molecule has 0 spiro atoms. The summed E-state index contributed by atoms with van der Waals surface area (Å²) in [4.78, 5) is 19.1. The lowest BCUT2D eigenvalue weighted by Gasteiger charge is -2.35. The number of benzene rings is 1. The molecule has 2 fully saturated rings. The molecule has 0 bridgehead atoms. The van der Waals surface area contributed by atoms with Crippen molar-refractivity contribution in [3.8, 4) is 5.75 Å². The van der Waals surface area contributed by atoms with Crippen molar-refractivity contribution in [1.82, 2.24) is 20.0 Å². The fourth-order valence-electron chi connectivity index (χ4n) is 3.37. The zero-order valence-electron chi connectivity index (χ0n) is 15.0. The lowest BCUT2D eigenvalue weighted by molar-refractivity contribution is -0.132. The zero-order valence-corrected chi connectivity index (χ0v) is 15.0. The van der Waals surface area contributed by atoms with Crippen LogP contribution in [0.3, 0.4) is 0 Å². The normalized spacial score (nSPS) is 19.8. The number of hydrogen-bond donors (Lipinski definition) is 1. The van der Waals surface area contributed by atoms with Crippen molar-refractivity contribution in [2.75, 3.05) is 72.1 Å². The number of rotatable bonds is 7. The summed E-state index contributed by atoms with van der Waals surface area (Å²) >= 11 is 0. The Hall–Kier alpha value is -1.63. The minimum Gasteiger partial charge on any atom is -0.492 e. The average molecular weight is 346 g/mol. The third-order valence-corrected chi connectivity index (χ3v) is 5.00. The molecule has 0 unspecified atom stereocenters. The third-order valence-electron chi connectivity index (χ3n) is 5.00. The minimum absolute atomic E-state index is 0.306. The van der Waals surface area contributed by atoms with Crippen LogP contribution < -0.4 is 10.1 Å². The van der Waals surface area contributed by atoms with Gasteiger partial charge in [-0.2, -0.15) is 0 Å². The topological polar surface area (TPSA) is 48.1 Å². The Morgan fingerprint density at radius 3 is 2.24 bits per heavy atom. The fraction of sp³-hybridized carbons (Fsp3) is 0.632. The van der Waals surface area contributed by atoms with Crippen molar-refractivity contribution in [1.29, 1.82) is 0 Å². The quantitative estimate of drug-likeness (QED) is 0.779. The maximum absolute atomic E-state index is 12.2. The number of nitrogens with one attached hydrogen (secondary N) is 1. The number of piperazine rings is 2. The minimum atomic E-state index is 0.306. The van der Waals surface area contributed by atoms with Crippen molar-refractivity contribution < 1.29 is 9.53 Å². The van der Waals surface area contributed by atoms with Gasteiger partial charge in [0.1, 0.15) is 12.4 Å². The summed E-state index contributed by atoms with van der Waals surface area (Å²) in [7, 11) is 0. The van der Waals surface area contributed by atoms with E-state index < -0.39 is 0 Å². The molecule has 2 aliphatic heterocycles. The molecule has 6 nitrogen and oxygen atoms in total. The third kappa shape index (κ3) is 5.99. The number of nitrogens with zero attached hydrogens (tertiary/aromatic N) is 3. The van der Waals surface area contributed by atoms with E-state index in [0.717, 1.165) is 77.8 Å². The zero-order chi connectivity index (χ0) is 17.3. The predicted molar refractivity (Wildman–Crippen MR) is 98.9 cm³/mol. The second-order valence-electron chi connectivity index (χ2n) is 6.73. The van der Waals surface area contributed by atoms with Gasteiger partial charge in [0.2, 0.25) is 5.91 Å². The molecular formula is C19H30N4O2. The van der Waals surface area contributed by atoms with E-state index >= 15 is 0 Å². The van der Waals surface area contributed by atoms with E-state index in [9.17, 15) is 4.79 Å². The van der Waals surface area contributed by atoms with Gasteiger partial charge >= 0.3 is 0 Å². The van der Waals surface area contributed by atoms with Gasteiger partial charge in [-0.3, -0.25) is 9.69 Å². The maximum atomic E-state index is 12.2. The molecule has 2 aliphatic rings. The number of para-hydroxylation sites is 1. The van der Waals surface area contributed by atoms with Crippen LogP contribution in [0.15, 0.2) is 30.3 Å². The van der Waals surface area contributed by atoms with Gasteiger partial charge in [0.05, 0.1) is 0 Å². The number of carbonyl (C=O) groups is 1. The number of carbonyl (C=O) groups excluding carboxylic acids is 1. The molecule has 1 amide bonds. The van der Waals surface area contributed by atoms with Crippen LogP contribution in [0.2, 0.25) is 0 Å². The molecule has 2 saturated heterocycles. The fourth-order valence-corrected chi connectivity index (χ4v) is 3.37. The average Bonchev–Trinajstić information content (AvgIpc) is 2.68. The van der Waals surface area contributed by atoms with Crippen LogP contribution in [0.4, 0.5) is 0 Å². The first-order valence-corrected chi connectivity index (χ1v) is 9.42. The molecule has 1 aromatic rings. The highest BCUT2D eigenvalue weighted by Gasteiger charge is 2.20. The smallest absolute Gasteiger partial charge is 0.223 e. The Morgan fingerprint density at radius 1 is 0.920 bits per heavy atom. The van der Waals surface area contributed by atoms with Crippen LogP contribution >= 0.6 is 0 Å². The molecular weight excluding hydrogens is 316 g/mol. The van der Waals surface area contributed by atoms with Gasteiger partial charge in [-0.15, -0.1) is 0 Å². The van der Waals surface area contributed by atoms with Crippen molar-refractivity contribution in [3.63, 3.8) is 0 Å². The molecule has 25 heavy (non-hydrogen) atoms. The molecule has 0 saturated carbocycles. The van der Waals surface area contributed by atoms with Gasteiger partial charge in [0, 0.05) is 71.9 Å². The first-order valence-electron chi connectivity index (χ1n) is 9.42. The summed E-state index contributed by atoms with van der Waals surface area (Å²) in [5.41, 5.74) is 0. The summed E-state index contributed by atoms with van der Waals surface area (Å²) < 4.78 is 5.77. The molecule has 0 aliphatic carbocycles. The van der Waals surface area contributed by atoms with Gasteiger partial charge in [0.15, 0.2) is 0 Å². The van der Waals surface area contributed by atoms with E-state index in [1.54, 1.807) is 0 Å². The van der Waals surface area contributed by atoms with Crippen LogP contribution in [0.5, 0.6) is 5.75 Å². The van der Waals surface area contributed by atoms with Gasteiger partial charge in [0.25, 0.3) is 0 Å². The number of hydrogen-bond acceptors (Lipinski definition) is 5. The second-order valence-corrected chi connectivity index (χ2v) is 6.73. The van der Waals surface area contributed by atoms with Crippen LogP contribution in [-0.2, 0) is 4.79 Å². The number of amides is 1. The Bertz CT molecular complexity index is 511. The predicted octanol–water partition coefficient (Wildman–Crippen LogP) is 0.505. The maximum Gasteiger partial charge on any atom is 0.223 e. The van der Waals surface area contributed by atoms with E-state index in [-0.39, 0.29) is 0 Å². The standard InChI is InChI=1S/C19H30N4O2/c24-19(23-10-7-20-8-11-23)6-9-21-12-14-22(15-13-21)16-17-25-18-4-2-1-3-5-18/h1-5,20H,6-17H2. The van der Waals surface area contributed by atoms with Gasteiger partial charge in [-0.05, 0) is 12.1 Å².